The summed E-state index contributed by atoms with van der Waals surface area (Å²) in [5.74, 6) is 0.595. The minimum atomic E-state index is -0.275. The predicted octanol–water partition coefficient (Wildman–Crippen LogP) is 2.12. The molecule has 1 aromatic heterocycles. The van der Waals surface area contributed by atoms with Crippen LogP contribution >= 0.6 is 12.2 Å². The Morgan fingerprint density at radius 1 is 1.28 bits per heavy atom. The van der Waals surface area contributed by atoms with E-state index in [4.69, 9.17) is 12.2 Å². The molecule has 1 aromatic rings. The van der Waals surface area contributed by atoms with Crippen LogP contribution < -0.4 is 10.9 Å². The van der Waals surface area contributed by atoms with Gasteiger partial charge in [-0.05, 0) is 24.1 Å². The number of hydrogen-bond donors (Lipinski definition) is 3. The molecule has 0 spiro atoms. The fourth-order valence-corrected chi connectivity index (χ4v) is 2.35. The Morgan fingerprint density at radius 3 is 2.61 bits per heavy atom. The lowest BCUT2D eigenvalue weighted by atomic mass is 9.79. The first-order valence-electron chi connectivity index (χ1n) is 5.68. The number of rotatable bonds is 2. The SMILES string of the molecule is CC1(C)CC(=O)C=C(Nc2cc(=O)[nH]c(=S)[nH]2)C1. The molecule has 0 saturated carbocycles. The maximum atomic E-state index is 11.6. The molecule has 1 heterocycles. The number of carbonyl (C=O) groups is 1. The zero-order valence-corrected chi connectivity index (χ0v) is 11.1. The quantitative estimate of drug-likeness (QED) is 0.716. The van der Waals surface area contributed by atoms with Crippen LogP contribution in [-0.4, -0.2) is 15.8 Å². The van der Waals surface area contributed by atoms with E-state index in [1.54, 1.807) is 6.08 Å². The molecule has 96 valence electrons. The molecule has 0 unspecified atom stereocenters. The smallest absolute Gasteiger partial charge is 0.253 e. The molecule has 0 aliphatic heterocycles. The van der Waals surface area contributed by atoms with Gasteiger partial charge in [0, 0.05) is 24.3 Å². The molecule has 3 N–H and O–H groups in total. The van der Waals surface area contributed by atoms with Crippen molar-refractivity contribution in [1.29, 1.82) is 0 Å². The van der Waals surface area contributed by atoms with Gasteiger partial charge in [-0.15, -0.1) is 0 Å². The lowest BCUT2D eigenvalue weighted by Crippen LogP contribution is -2.25. The van der Waals surface area contributed by atoms with Gasteiger partial charge in [0.05, 0.1) is 0 Å². The van der Waals surface area contributed by atoms with Crippen LogP contribution in [0, 0.1) is 10.2 Å². The van der Waals surface area contributed by atoms with Crippen LogP contribution in [0.5, 0.6) is 0 Å². The van der Waals surface area contributed by atoms with Gasteiger partial charge in [0.25, 0.3) is 5.56 Å². The Hall–Kier alpha value is -1.69. The molecule has 18 heavy (non-hydrogen) atoms. The number of aromatic nitrogens is 2. The number of nitrogens with one attached hydrogen (secondary N) is 3. The number of ketones is 1. The molecule has 0 bridgehead atoms. The summed E-state index contributed by atoms with van der Waals surface area (Å²) < 4.78 is 0.256. The molecule has 1 aliphatic carbocycles. The molecule has 0 saturated heterocycles. The lowest BCUT2D eigenvalue weighted by molar-refractivity contribution is -0.117. The van der Waals surface area contributed by atoms with Crippen molar-refractivity contribution < 1.29 is 4.79 Å². The normalized spacial score (nSPS) is 18.3. The molecule has 0 radical (unpaired) electrons. The average molecular weight is 265 g/mol. The Morgan fingerprint density at radius 2 is 2.00 bits per heavy atom. The van der Waals surface area contributed by atoms with Crippen molar-refractivity contribution in [2.24, 2.45) is 5.41 Å². The molecule has 0 fully saturated rings. The highest BCUT2D eigenvalue weighted by Gasteiger charge is 2.27. The maximum Gasteiger partial charge on any atom is 0.253 e. The van der Waals surface area contributed by atoms with Gasteiger partial charge in [-0.1, -0.05) is 13.8 Å². The largest absolute Gasteiger partial charge is 0.345 e. The fraction of sp³-hybridized carbons (Fsp3) is 0.417. The molecule has 0 amide bonds. The van der Waals surface area contributed by atoms with E-state index >= 15 is 0 Å². The highest BCUT2D eigenvalue weighted by molar-refractivity contribution is 7.71. The van der Waals surface area contributed by atoms with Gasteiger partial charge in [0.1, 0.15) is 5.82 Å². The van der Waals surface area contributed by atoms with Gasteiger partial charge in [0.15, 0.2) is 10.6 Å². The standard InChI is InChI=1S/C12H15N3O2S/c1-12(2)5-7(3-8(16)6-12)13-9-4-10(17)15-11(18)14-9/h3-4H,5-6H2,1-2H3,(H3,13,14,15,17,18). The van der Waals surface area contributed by atoms with E-state index in [0.29, 0.717) is 12.2 Å². The monoisotopic (exact) mass is 265 g/mol. The van der Waals surface area contributed by atoms with Crippen molar-refractivity contribution in [1.82, 2.24) is 9.97 Å². The highest BCUT2D eigenvalue weighted by Crippen LogP contribution is 2.33. The van der Waals surface area contributed by atoms with Crippen molar-refractivity contribution in [3.63, 3.8) is 0 Å². The molecular weight excluding hydrogens is 250 g/mol. The zero-order chi connectivity index (χ0) is 13.3. The minimum Gasteiger partial charge on any atom is -0.345 e. The van der Waals surface area contributed by atoms with E-state index in [-0.39, 0.29) is 21.5 Å². The molecule has 0 aromatic carbocycles. The highest BCUT2D eigenvalue weighted by atomic mass is 32.1. The summed E-state index contributed by atoms with van der Waals surface area (Å²) in [7, 11) is 0. The minimum absolute atomic E-state index is 0.0633. The van der Waals surface area contributed by atoms with Crippen LogP contribution in [0.4, 0.5) is 5.82 Å². The second kappa shape index (κ2) is 4.53. The predicted molar refractivity (Wildman–Crippen MR) is 72.0 cm³/mol. The van der Waals surface area contributed by atoms with Crippen LogP contribution in [0.3, 0.4) is 0 Å². The molecular formula is C12H15N3O2S. The van der Waals surface area contributed by atoms with Crippen LogP contribution in [0.25, 0.3) is 0 Å². The van der Waals surface area contributed by atoms with Crippen LogP contribution in [0.2, 0.25) is 0 Å². The van der Waals surface area contributed by atoms with Crippen molar-refractivity contribution in [3.8, 4) is 0 Å². The van der Waals surface area contributed by atoms with Gasteiger partial charge in [0.2, 0.25) is 0 Å². The first-order chi connectivity index (χ1) is 8.34. The second-order valence-electron chi connectivity index (χ2n) is 5.28. The van der Waals surface area contributed by atoms with Crippen molar-refractivity contribution in [2.45, 2.75) is 26.7 Å². The second-order valence-corrected chi connectivity index (χ2v) is 5.69. The third-order valence-corrected chi connectivity index (χ3v) is 2.92. The average Bonchev–Trinajstić information content (AvgIpc) is 2.10. The topological polar surface area (TPSA) is 77.8 Å². The Bertz CT molecular complexity index is 596. The Labute approximate surface area is 109 Å². The summed E-state index contributed by atoms with van der Waals surface area (Å²) in [6.45, 7) is 4.08. The molecule has 0 atom stereocenters. The van der Waals surface area contributed by atoms with E-state index in [9.17, 15) is 9.59 Å². The molecule has 1 aliphatic rings. The van der Waals surface area contributed by atoms with E-state index in [1.807, 2.05) is 13.8 Å². The van der Waals surface area contributed by atoms with E-state index in [2.05, 4.69) is 15.3 Å². The van der Waals surface area contributed by atoms with Gasteiger partial charge in [-0.2, -0.15) is 0 Å². The van der Waals surface area contributed by atoms with E-state index < -0.39 is 0 Å². The Balaban J connectivity index is 2.26. The van der Waals surface area contributed by atoms with Crippen molar-refractivity contribution in [2.75, 3.05) is 5.32 Å². The first kappa shape index (κ1) is 12.8. The summed E-state index contributed by atoms with van der Waals surface area (Å²) in [5.41, 5.74) is 0.461. The van der Waals surface area contributed by atoms with Crippen LogP contribution in [0.15, 0.2) is 22.6 Å². The fourth-order valence-electron chi connectivity index (χ4n) is 2.14. The van der Waals surface area contributed by atoms with Gasteiger partial charge < -0.3 is 10.3 Å². The number of aromatic amines is 2. The summed E-state index contributed by atoms with van der Waals surface area (Å²) >= 11 is 4.89. The number of H-pyrrole nitrogens is 2. The van der Waals surface area contributed by atoms with Gasteiger partial charge >= 0.3 is 0 Å². The summed E-state index contributed by atoms with van der Waals surface area (Å²) in [6.07, 6.45) is 2.89. The number of allylic oxidation sites excluding steroid dienone is 2. The Kier molecular flexibility index (Phi) is 3.21. The number of carbonyl (C=O) groups excluding carboxylic acids is 1. The summed E-state index contributed by atoms with van der Waals surface area (Å²) in [6, 6.07) is 1.38. The third kappa shape index (κ3) is 3.16. The maximum absolute atomic E-state index is 11.6. The van der Waals surface area contributed by atoms with Crippen molar-refractivity contribution >= 4 is 23.8 Å². The summed E-state index contributed by atoms with van der Waals surface area (Å²) in [5, 5.41) is 3.05. The van der Waals surface area contributed by atoms with Crippen LogP contribution in [-0.2, 0) is 4.79 Å². The molecule has 6 heteroatoms. The van der Waals surface area contributed by atoms with Crippen LogP contribution in [0.1, 0.15) is 26.7 Å². The lowest BCUT2D eigenvalue weighted by Gasteiger charge is -2.29. The van der Waals surface area contributed by atoms with Gasteiger partial charge in [-0.25, -0.2) is 0 Å². The summed E-state index contributed by atoms with van der Waals surface area (Å²) in [4.78, 5) is 28.2. The van der Waals surface area contributed by atoms with E-state index in [0.717, 1.165) is 12.1 Å². The number of anilines is 1. The first-order valence-corrected chi connectivity index (χ1v) is 6.09. The van der Waals surface area contributed by atoms with Crippen molar-refractivity contribution in [3.05, 3.63) is 33.0 Å². The molecule has 2 rings (SSSR count). The van der Waals surface area contributed by atoms with Gasteiger partial charge in [-0.3, -0.25) is 14.6 Å². The zero-order valence-electron chi connectivity index (χ0n) is 10.3. The number of hydrogen-bond acceptors (Lipinski definition) is 4. The van der Waals surface area contributed by atoms with E-state index in [1.165, 1.54) is 6.07 Å². The molecule has 5 nitrogen and oxygen atoms in total. The third-order valence-electron chi connectivity index (χ3n) is 2.71.